The highest BCUT2D eigenvalue weighted by molar-refractivity contribution is 5.27. The van der Waals surface area contributed by atoms with E-state index in [2.05, 4.69) is 19.1 Å². The van der Waals surface area contributed by atoms with Crippen LogP contribution >= 0.6 is 0 Å². The molecule has 0 unspecified atom stereocenters. The number of hydrogen-bond donors (Lipinski definition) is 0. The zero-order valence-corrected chi connectivity index (χ0v) is 12.4. The van der Waals surface area contributed by atoms with Gasteiger partial charge in [-0.15, -0.1) is 0 Å². The molecule has 0 heterocycles. The minimum atomic E-state index is 0.801. The molecule has 0 radical (unpaired) electrons. The Morgan fingerprint density at radius 1 is 0.889 bits per heavy atom. The van der Waals surface area contributed by atoms with Gasteiger partial charge in [0.2, 0.25) is 0 Å². The predicted octanol–water partition coefficient (Wildman–Crippen LogP) is 4.47. The van der Waals surface area contributed by atoms with E-state index in [4.69, 9.17) is 9.47 Å². The molecule has 0 spiro atoms. The second kappa shape index (κ2) is 12.4. The first-order valence-corrected chi connectivity index (χ1v) is 7.07. The number of benzene rings is 1. The van der Waals surface area contributed by atoms with E-state index in [0.717, 1.165) is 38.2 Å². The molecule has 2 heteroatoms. The summed E-state index contributed by atoms with van der Waals surface area (Å²) >= 11 is 0. The van der Waals surface area contributed by atoms with Crippen molar-refractivity contribution in [2.45, 2.75) is 46.5 Å². The summed E-state index contributed by atoms with van der Waals surface area (Å²) < 4.78 is 10.6. The maximum Gasteiger partial charge on any atom is 0.119 e. The smallest absolute Gasteiger partial charge is 0.119 e. The molecular formula is C16H28O2. The molecule has 0 aromatic heterocycles. The van der Waals surface area contributed by atoms with Crippen molar-refractivity contribution in [2.24, 2.45) is 0 Å². The summed E-state index contributed by atoms with van der Waals surface area (Å²) in [5.74, 6) is 0.976. The van der Waals surface area contributed by atoms with Gasteiger partial charge in [-0.2, -0.15) is 0 Å². The average molecular weight is 252 g/mol. The SMILES string of the molecule is CC.CCc1ccc(OCCCCCOC)cc1. The van der Waals surface area contributed by atoms with Gasteiger partial charge in [-0.25, -0.2) is 0 Å². The molecule has 0 aliphatic heterocycles. The van der Waals surface area contributed by atoms with E-state index < -0.39 is 0 Å². The first-order valence-electron chi connectivity index (χ1n) is 7.07. The fourth-order valence-electron chi connectivity index (χ4n) is 1.54. The van der Waals surface area contributed by atoms with Crippen molar-refractivity contribution < 1.29 is 9.47 Å². The summed E-state index contributed by atoms with van der Waals surface area (Å²) in [5.41, 5.74) is 1.35. The second-order valence-electron chi connectivity index (χ2n) is 3.90. The van der Waals surface area contributed by atoms with Crippen LogP contribution in [-0.4, -0.2) is 20.3 Å². The van der Waals surface area contributed by atoms with Gasteiger partial charge >= 0.3 is 0 Å². The minimum absolute atomic E-state index is 0.801. The van der Waals surface area contributed by atoms with Gasteiger partial charge in [0.25, 0.3) is 0 Å². The van der Waals surface area contributed by atoms with Crippen LogP contribution in [0, 0.1) is 0 Å². The molecular weight excluding hydrogens is 224 g/mol. The first kappa shape index (κ1) is 17.0. The Balaban J connectivity index is 0.00000137. The standard InChI is InChI=1S/C14H22O2.C2H6/c1-3-13-7-9-14(10-8-13)16-12-6-4-5-11-15-2;1-2/h7-10H,3-6,11-12H2,1-2H3;1-2H3. The zero-order valence-electron chi connectivity index (χ0n) is 12.4. The fourth-order valence-corrected chi connectivity index (χ4v) is 1.54. The summed E-state index contributed by atoms with van der Waals surface area (Å²) in [4.78, 5) is 0. The maximum absolute atomic E-state index is 5.64. The Labute approximate surface area is 112 Å². The minimum Gasteiger partial charge on any atom is -0.494 e. The third kappa shape index (κ3) is 8.13. The molecule has 0 saturated carbocycles. The number of unbranched alkanes of at least 4 members (excludes halogenated alkanes) is 2. The molecule has 0 bridgehead atoms. The number of methoxy groups -OCH3 is 1. The lowest BCUT2D eigenvalue weighted by atomic mass is 10.2. The molecule has 0 aliphatic rings. The van der Waals surface area contributed by atoms with Crippen molar-refractivity contribution >= 4 is 0 Å². The van der Waals surface area contributed by atoms with E-state index in [1.54, 1.807) is 7.11 Å². The van der Waals surface area contributed by atoms with Gasteiger partial charge in [0, 0.05) is 13.7 Å². The lowest BCUT2D eigenvalue weighted by Gasteiger charge is -2.06. The molecule has 0 amide bonds. The molecule has 1 aromatic rings. The van der Waals surface area contributed by atoms with Gasteiger partial charge in [-0.05, 0) is 43.4 Å². The predicted molar refractivity (Wildman–Crippen MR) is 78.4 cm³/mol. The van der Waals surface area contributed by atoms with Crippen LogP contribution in [0.2, 0.25) is 0 Å². The average Bonchev–Trinajstić information content (AvgIpc) is 2.45. The Kier molecular flexibility index (Phi) is 11.7. The molecule has 18 heavy (non-hydrogen) atoms. The Morgan fingerprint density at radius 2 is 1.50 bits per heavy atom. The summed E-state index contributed by atoms with van der Waals surface area (Å²) in [6.45, 7) is 7.81. The van der Waals surface area contributed by atoms with Crippen LogP contribution in [0.5, 0.6) is 5.75 Å². The monoisotopic (exact) mass is 252 g/mol. The normalized spacial score (nSPS) is 9.56. The molecule has 0 aliphatic carbocycles. The molecule has 0 atom stereocenters. The maximum atomic E-state index is 5.64. The molecule has 0 saturated heterocycles. The van der Waals surface area contributed by atoms with Crippen LogP contribution in [0.1, 0.15) is 45.6 Å². The van der Waals surface area contributed by atoms with E-state index in [1.165, 1.54) is 12.0 Å². The highest BCUT2D eigenvalue weighted by Gasteiger charge is 1.94. The fraction of sp³-hybridized carbons (Fsp3) is 0.625. The van der Waals surface area contributed by atoms with E-state index in [9.17, 15) is 0 Å². The zero-order chi connectivity index (χ0) is 13.6. The van der Waals surface area contributed by atoms with Gasteiger partial charge < -0.3 is 9.47 Å². The number of rotatable bonds is 8. The molecule has 2 nitrogen and oxygen atoms in total. The quantitative estimate of drug-likeness (QED) is 0.635. The van der Waals surface area contributed by atoms with E-state index in [-0.39, 0.29) is 0 Å². The van der Waals surface area contributed by atoms with Gasteiger partial charge in [-0.3, -0.25) is 0 Å². The molecule has 104 valence electrons. The lowest BCUT2D eigenvalue weighted by Crippen LogP contribution is -1.98. The van der Waals surface area contributed by atoms with Crippen LogP contribution < -0.4 is 4.74 Å². The van der Waals surface area contributed by atoms with Crippen molar-refractivity contribution in [3.63, 3.8) is 0 Å². The Bertz CT molecular complexity index is 267. The highest BCUT2D eigenvalue weighted by atomic mass is 16.5. The number of hydrogen-bond acceptors (Lipinski definition) is 2. The van der Waals surface area contributed by atoms with Gasteiger partial charge in [0.05, 0.1) is 6.61 Å². The van der Waals surface area contributed by atoms with Crippen LogP contribution in [0.15, 0.2) is 24.3 Å². The second-order valence-corrected chi connectivity index (χ2v) is 3.90. The van der Waals surface area contributed by atoms with Crippen molar-refractivity contribution in [3.8, 4) is 5.75 Å². The van der Waals surface area contributed by atoms with Crippen molar-refractivity contribution in [2.75, 3.05) is 20.3 Å². The first-order chi connectivity index (χ1) is 8.86. The highest BCUT2D eigenvalue weighted by Crippen LogP contribution is 2.13. The van der Waals surface area contributed by atoms with E-state index in [0.29, 0.717) is 0 Å². The van der Waals surface area contributed by atoms with Crippen molar-refractivity contribution in [3.05, 3.63) is 29.8 Å². The van der Waals surface area contributed by atoms with Gasteiger partial charge in [0.15, 0.2) is 0 Å². The van der Waals surface area contributed by atoms with Crippen molar-refractivity contribution in [1.82, 2.24) is 0 Å². The molecule has 0 fully saturated rings. The van der Waals surface area contributed by atoms with Gasteiger partial charge in [0.1, 0.15) is 5.75 Å². The summed E-state index contributed by atoms with van der Waals surface area (Å²) in [7, 11) is 1.74. The van der Waals surface area contributed by atoms with E-state index >= 15 is 0 Å². The number of aryl methyl sites for hydroxylation is 1. The van der Waals surface area contributed by atoms with E-state index in [1.807, 2.05) is 26.0 Å². The largest absolute Gasteiger partial charge is 0.494 e. The summed E-state index contributed by atoms with van der Waals surface area (Å²) in [6, 6.07) is 8.35. The van der Waals surface area contributed by atoms with Crippen LogP contribution in [0.4, 0.5) is 0 Å². The van der Waals surface area contributed by atoms with Crippen LogP contribution in [0.25, 0.3) is 0 Å². The molecule has 0 N–H and O–H groups in total. The molecule has 1 aromatic carbocycles. The number of ether oxygens (including phenoxy) is 2. The third-order valence-corrected chi connectivity index (χ3v) is 2.59. The summed E-state index contributed by atoms with van der Waals surface area (Å²) in [5, 5.41) is 0. The lowest BCUT2D eigenvalue weighted by molar-refractivity contribution is 0.189. The summed E-state index contributed by atoms with van der Waals surface area (Å²) in [6.07, 6.45) is 4.46. The van der Waals surface area contributed by atoms with Crippen LogP contribution in [0.3, 0.4) is 0 Å². The van der Waals surface area contributed by atoms with Gasteiger partial charge in [-0.1, -0.05) is 32.9 Å². The topological polar surface area (TPSA) is 18.5 Å². The molecule has 1 rings (SSSR count). The Morgan fingerprint density at radius 3 is 2.06 bits per heavy atom. The van der Waals surface area contributed by atoms with Crippen molar-refractivity contribution in [1.29, 1.82) is 0 Å². The van der Waals surface area contributed by atoms with Crippen LogP contribution in [-0.2, 0) is 11.2 Å². The third-order valence-electron chi connectivity index (χ3n) is 2.59. The Hall–Kier alpha value is -1.02.